The fourth-order valence-electron chi connectivity index (χ4n) is 1.65. The van der Waals surface area contributed by atoms with Crippen molar-refractivity contribution in [3.8, 4) is 0 Å². The fourth-order valence-corrected chi connectivity index (χ4v) is 1.99. The molecule has 0 aromatic heterocycles. The van der Waals surface area contributed by atoms with Gasteiger partial charge in [-0.25, -0.2) is 17.6 Å². The highest BCUT2D eigenvalue weighted by Crippen LogP contribution is 2.30. The van der Waals surface area contributed by atoms with Gasteiger partial charge in [0, 0.05) is 22.3 Å². The maximum atomic E-state index is 13.6. The van der Waals surface area contributed by atoms with Crippen LogP contribution in [0.15, 0.2) is 24.3 Å². The second-order valence-electron chi connectivity index (χ2n) is 4.02. The summed E-state index contributed by atoms with van der Waals surface area (Å²) in [6.07, 6.45) is 0. The van der Waals surface area contributed by atoms with Crippen LogP contribution in [0.3, 0.4) is 0 Å². The van der Waals surface area contributed by atoms with Crippen LogP contribution in [0.2, 0.25) is 5.02 Å². The predicted octanol–water partition coefficient (Wildman–Crippen LogP) is 4.27. The molecule has 0 spiro atoms. The molecule has 21 heavy (non-hydrogen) atoms. The summed E-state index contributed by atoms with van der Waals surface area (Å²) >= 11 is 10.6. The van der Waals surface area contributed by atoms with E-state index >= 15 is 0 Å². The van der Waals surface area contributed by atoms with Gasteiger partial charge >= 0.3 is 0 Å². The Hall–Kier alpha value is -1.86. The molecule has 8 heteroatoms. The SMILES string of the molecule is NC(=S)c1cc(Cl)ccc1Nc1c(F)c(F)cc(F)c1F. The van der Waals surface area contributed by atoms with Crippen molar-refractivity contribution in [1.82, 2.24) is 0 Å². The summed E-state index contributed by atoms with van der Waals surface area (Å²) in [5, 5.41) is 2.53. The van der Waals surface area contributed by atoms with Crippen molar-refractivity contribution < 1.29 is 17.6 Å². The van der Waals surface area contributed by atoms with Crippen LogP contribution in [-0.2, 0) is 0 Å². The Bertz CT molecular complexity index is 710. The summed E-state index contributed by atoms with van der Waals surface area (Å²) in [5.74, 6) is -6.17. The van der Waals surface area contributed by atoms with Gasteiger partial charge in [0.1, 0.15) is 10.7 Å². The fraction of sp³-hybridized carbons (Fsp3) is 0. The number of rotatable bonds is 3. The first-order chi connectivity index (χ1) is 9.81. The first kappa shape index (κ1) is 15.5. The summed E-state index contributed by atoms with van der Waals surface area (Å²) in [7, 11) is 0. The molecule has 0 saturated carbocycles. The van der Waals surface area contributed by atoms with E-state index in [4.69, 9.17) is 29.6 Å². The minimum atomic E-state index is -1.56. The zero-order valence-corrected chi connectivity index (χ0v) is 11.8. The molecule has 0 heterocycles. The number of halogens is 5. The molecule has 0 radical (unpaired) electrons. The highest BCUT2D eigenvalue weighted by atomic mass is 35.5. The summed E-state index contributed by atoms with van der Waals surface area (Å²) < 4.78 is 53.5. The van der Waals surface area contributed by atoms with Crippen LogP contribution in [0.25, 0.3) is 0 Å². The minimum absolute atomic E-state index is 0.0645. The Labute approximate surface area is 127 Å². The van der Waals surface area contributed by atoms with E-state index in [9.17, 15) is 17.6 Å². The van der Waals surface area contributed by atoms with Gasteiger partial charge in [0.15, 0.2) is 23.3 Å². The molecule has 110 valence electrons. The summed E-state index contributed by atoms with van der Waals surface area (Å²) in [6, 6.07) is 4.21. The molecule has 0 aliphatic heterocycles. The monoisotopic (exact) mass is 334 g/mol. The van der Waals surface area contributed by atoms with E-state index in [2.05, 4.69) is 5.32 Å². The summed E-state index contributed by atoms with van der Waals surface area (Å²) in [5.41, 5.74) is 4.74. The molecular formula is C13H7ClF4N2S. The zero-order valence-electron chi connectivity index (χ0n) is 10.2. The number of hydrogen-bond acceptors (Lipinski definition) is 2. The number of nitrogens with two attached hydrogens (primary N) is 1. The minimum Gasteiger partial charge on any atom is -0.389 e. The smallest absolute Gasteiger partial charge is 0.185 e. The van der Waals surface area contributed by atoms with Crippen molar-refractivity contribution in [2.24, 2.45) is 5.73 Å². The van der Waals surface area contributed by atoms with Crippen molar-refractivity contribution in [2.45, 2.75) is 0 Å². The Morgan fingerprint density at radius 2 is 1.62 bits per heavy atom. The molecule has 0 fully saturated rings. The lowest BCUT2D eigenvalue weighted by molar-refractivity contribution is 0.459. The van der Waals surface area contributed by atoms with E-state index in [0.717, 1.165) is 0 Å². The van der Waals surface area contributed by atoms with Crippen LogP contribution >= 0.6 is 23.8 Å². The van der Waals surface area contributed by atoms with E-state index < -0.39 is 29.0 Å². The summed E-state index contributed by atoms with van der Waals surface area (Å²) in [4.78, 5) is -0.0994. The standard InChI is InChI=1S/C13H7ClF4N2S/c14-5-1-2-9(6(3-5)13(19)21)20-12-10(17)7(15)4-8(16)11(12)18/h1-4,20H,(H2,19,21). The van der Waals surface area contributed by atoms with Gasteiger partial charge in [-0.05, 0) is 18.2 Å². The number of hydrogen-bond donors (Lipinski definition) is 2. The predicted molar refractivity (Wildman–Crippen MR) is 76.9 cm³/mol. The number of thiocarbonyl (C=S) groups is 1. The van der Waals surface area contributed by atoms with Crippen LogP contribution in [0, 0.1) is 23.3 Å². The van der Waals surface area contributed by atoms with Crippen LogP contribution in [0.5, 0.6) is 0 Å². The zero-order chi connectivity index (χ0) is 15.7. The van der Waals surface area contributed by atoms with E-state index in [0.29, 0.717) is 0 Å². The first-order valence-corrected chi connectivity index (χ1v) is 6.29. The molecule has 0 aliphatic rings. The van der Waals surface area contributed by atoms with Gasteiger partial charge in [-0.2, -0.15) is 0 Å². The van der Waals surface area contributed by atoms with E-state index in [1.807, 2.05) is 0 Å². The third-order valence-corrected chi connectivity index (χ3v) is 3.07. The van der Waals surface area contributed by atoms with Gasteiger partial charge in [-0.1, -0.05) is 23.8 Å². The van der Waals surface area contributed by atoms with Gasteiger partial charge < -0.3 is 11.1 Å². The van der Waals surface area contributed by atoms with Crippen molar-refractivity contribution in [2.75, 3.05) is 5.32 Å². The summed E-state index contributed by atoms with van der Waals surface area (Å²) in [6.45, 7) is 0. The van der Waals surface area contributed by atoms with Crippen LogP contribution in [0.4, 0.5) is 28.9 Å². The van der Waals surface area contributed by atoms with Crippen molar-refractivity contribution in [3.05, 3.63) is 58.1 Å². The van der Waals surface area contributed by atoms with Gasteiger partial charge in [-0.3, -0.25) is 0 Å². The van der Waals surface area contributed by atoms with Gasteiger partial charge in [-0.15, -0.1) is 0 Å². The van der Waals surface area contributed by atoms with Crippen LogP contribution in [0.1, 0.15) is 5.56 Å². The number of benzene rings is 2. The van der Waals surface area contributed by atoms with E-state index in [-0.39, 0.29) is 27.3 Å². The van der Waals surface area contributed by atoms with Crippen molar-refractivity contribution in [1.29, 1.82) is 0 Å². The Balaban J connectivity index is 2.56. The number of anilines is 2. The third-order valence-electron chi connectivity index (χ3n) is 2.62. The van der Waals surface area contributed by atoms with Gasteiger partial charge in [0.05, 0.1) is 0 Å². The molecule has 0 unspecified atom stereocenters. The molecule has 0 amide bonds. The van der Waals surface area contributed by atoms with Crippen molar-refractivity contribution in [3.63, 3.8) is 0 Å². The second-order valence-corrected chi connectivity index (χ2v) is 4.90. The highest BCUT2D eigenvalue weighted by molar-refractivity contribution is 7.80. The Morgan fingerprint density at radius 3 is 2.14 bits per heavy atom. The number of nitrogens with one attached hydrogen (secondary N) is 1. The van der Waals surface area contributed by atoms with Crippen LogP contribution in [-0.4, -0.2) is 4.99 Å². The molecule has 2 rings (SSSR count). The maximum Gasteiger partial charge on any atom is 0.185 e. The lowest BCUT2D eigenvalue weighted by atomic mass is 10.1. The van der Waals surface area contributed by atoms with Crippen molar-refractivity contribution >= 4 is 40.2 Å². The Morgan fingerprint density at radius 1 is 1.05 bits per heavy atom. The average Bonchev–Trinajstić information content (AvgIpc) is 2.42. The maximum absolute atomic E-state index is 13.6. The first-order valence-electron chi connectivity index (χ1n) is 5.50. The molecule has 3 N–H and O–H groups in total. The topological polar surface area (TPSA) is 38.0 Å². The molecule has 0 saturated heterocycles. The average molecular weight is 335 g/mol. The van der Waals surface area contributed by atoms with Gasteiger partial charge in [0.2, 0.25) is 0 Å². The highest BCUT2D eigenvalue weighted by Gasteiger charge is 2.20. The lowest BCUT2D eigenvalue weighted by Gasteiger charge is -2.13. The van der Waals surface area contributed by atoms with E-state index in [1.165, 1.54) is 18.2 Å². The molecule has 0 atom stereocenters. The third kappa shape index (κ3) is 3.08. The van der Waals surface area contributed by atoms with Gasteiger partial charge in [0.25, 0.3) is 0 Å². The lowest BCUT2D eigenvalue weighted by Crippen LogP contribution is -2.13. The molecular weight excluding hydrogens is 328 g/mol. The Kier molecular flexibility index (Phi) is 4.34. The molecule has 2 aromatic carbocycles. The largest absolute Gasteiger partial charge is 0.389 e. The molecule has 2 nitrogen and oxygen atoms in total. The van der Waals surface area contributed by atoms with E-state index in [1.54, 1.807) is 0 Å². The molecule has 0 aliphatic carbocycles. The normalized spacial score (nSPS) is 10.5. The second kappa shape index (κ2) is 5.87. The van der Waals surface area contributed by atoms with Crippen LogP contribution < -0.4 is 11.1 Å². The molecule has 2 aromatic rings. The molecule has 0 bridgehead atoms. The quantitative estimate of drug-likeness (QED) is 0.500.